The van der Waals surface area contributed by atoms with Gasteiger partial charge in [-0.05, 0) is 25.5 Å². The Kier molecular flexibility index (Phi) is 6.20. The van der Waals surface area contributed by atoms with Gasteiger partial charge < -0.3 is 24.4 Å². The van der Waals surface area contributed by atoms with Crippen LogP contribution in [0.5, 0.6) is 11.5 Å². The van der Waals surface area contributed by atoms with Gasteiger partial charge in [0.1, 0.15) is 11.5 Å². The molecule has 1 aromatic carbocycles. The van der Waals surface area contributed by atoms with Gasteiger partial charge >= 0.3 is 13.6 Å². The highest BCUT2D eigenvalue weighted by Crippen LogP contribution is 2.54. The van der Waals surface area contributed by atoms with Gasteiger partial charge in [0, 0.05) is 12.5 Å². The van der Waals surface area contributed by atoms with Crippen LogP contribution in [-0.4, -0.2) is 40.2 Å². The zero-order valence-electron chi connectivity index (χ0n) is 11.9. The summed E-state index contributed by atoms with van der Waals surface area (Å²) in [7, 11) is -3.86. The van der Waals surface area contributed by atoms with Crippen LogP contribution < -0.4 is 0 Å². The number of phenolic OH excluding ortho intramolecular Hbond substituents is 2. The van der Waals surface area contributed by atoms with E-state index in [9.17, 15) is 24.7 Å². The average molecular weight is 318 g/mol. The first-order valence-electron chi connectivity index (χ1n) is 6.46. The monoisotopic (exact) mass is 318 g/mol. The zero-order valence-corrected chi connectivity index (χ0v) is 12.7. The molecular formula is C13H19O7P. The Balaban J connectivity index is 3.11. The number of carboxylic acid groups (broad SMARTS) is 1. The predicted octanol–water partition coefficient (Wildman–Crippen LogP) is 2.36. The predicted molar refractivity (Wildman–Crippen MR) is 75.8 cm³/mol. The summed E-state index contributed by atoms with van der Waals surface area (Å²) in [6.07, 6.45) is -0.237. The van der Waals surface area contributed by atoms with Crippen LogP contribution in [0.2, 0.25) is 0 Å². The van der Waals surface area contributed by atoms with Crippen molar-refractivity contribution in [3.05, 3.63) is 23.8 Å². The van der Waals surface area contributed by atoms with Crippen LogP contribution in [0.4, 0.5) is 0 Å². The van der Waals surface area contributed by atoms with E-state index in [0.29, 0.717) is 0 Å². The van der Waals surface area contributed by atoms with Gasteiger partial charge in [0.2, 0.25) is 0 Å². The number of benzene rings is 1. The lowest BCUT2D eigenvalue weighted by atomic mass is 10.1. The average Bonchev–Trinajstić information content (AvgIpc) is 2.37. The molecule has 0 fully saturated rings. The van der Waals surface area contributed by atoms with E-state index in [-0.39, 0.29) is 36.7 Å². The molecule has 0 saturated carbocycles. The quantitative estimate of drug-likeness (QED) is 0.630. The summed E-state index contributed by atoms with van der Waals surface area (Å²) in [5.74, 6) is -1.77. The van der Waals surface area contributed by atoms with Crippen molar-refractivity contribution < 1.29 is 33.7 Å². The number of carbonyl (C=O) groups is 1. The second kappa shape index (κ2) is 7.45. The zero-order chi connectivity index (χ0) is 16.0. The molecule has 0 spiro atoms. The molecular weight excluding hydrogens is 299 g/mol. The molecule has 21 heavy (non-hydrogen) atoms. The van der Waals surface area contributed by atoms with Crippen LogP contribution in [0.1, 0.15) is 19.4 Å². The summed E-state index contributed by atoms with van der Waals surface area (Å²) in [4.78, 5) is 11.4. The van der Waals surface area contributed by atoms with Gasteiger partial charge in [-0.25, -0.2) is 0 Å². The topological polar surface area (TPSA) is 113 Å². The molecule has 1 unspecified atom stereocenters. The molecule has 0 heterocycles. The number of rotatable bonds is 8. The first kappa shape index (κ1) is 17.5. The molecule has 0 aliphatic rings. The Labute approximate surface area is 122 Å². The highest BCUT2D eigenvalue weighted by Gasteiger charge is 2.41. The van der Waals surface area contributed by atoms with Crippen LogP contribution in [-0.2, 0) is 24.8 Å². The third-order valence-electron chi connectivity index (χ3n) is 2.77. The van der Waals surface area contributed by atoms with Crippen molar-refractivity contribution in [2.24, 2.45) is 0 Å². The lowest BCUT2D eigenvalue weighted by molar-refractivity contribution is -0.137. The number of aliphatic carboxylic acids is 1. The summed E-state index contributed by atoms with van der Waals surface area (Å²) < 4.78 is 22.7. The number of phenols is 2. The Morgan fingerprint density at radius 1 is 1.24 bits per heavy atom. The van der Waals surface area contributed by atoms with Crippen LogP contribution in [0.15, 0.2) is 18.2 Å². The minimum atomic E-state index is -3.86. The Bertz CT molecular complexity index is 533. The minimum Gasteiger partial charge on any atom is -0.508 e. The third-order valence-corrected chi connectivity index (χ3v) is 5.17. The molecule has 0 radical (unpaired) electrons. The van der Waals surface area contributed by atoms with Gasteiger partial charge in [-0.2, -0.15) is 0 Å². The van der Waals surface area contributed by atoms with E-state index in [4.69, 9.17) is 9.05 Å². The molecule has 0 aromatic heterocycles. The molecule has 118 valence electrons. The summed E-state index contributed by atoms with van der Waals surface area (Å²) in [6.45, 7) is 3.26. The third kappa shape index (κ3) is 4.46. The SMILES string of the molecule is CCOP(=O)(OCC)C(Cc1ccc(O)cc1O)C(=O)O. The van der Waals surface area contributed by atoms with Crippen LogP contribution >= 0.6 is 7.60 Å². The van der Waals surface area contributed by atoms with Crippen molar-refractivity contribution >= 4 is 13.6 Å². The van der Waals surface area contributed by atoms with Gasteiger partial charge in [0.15, 0.2) is 5.66 Å². The fourth-order valence-electron chi connectivity index (χ4n) is 1.84. The maximum atomic E-state index is 12.6. The van der Waals surface area contributed by atoms with Crippen molar-refractivity contribution in [1.82, 2.24) is 0 Å². The maximum absolute atomic E-state index is 12.6. The molecule has 3 N–H and O–H groups in total. The van der Waals surface area contributed by atoms with Crippen LogP contribution in [0.3, 0.4) is 0 Å². The van der Waals surface area contributed by atoms with Crippen molar-refractivity contribution in [1.29, 1.82) is 0 Å². The van der Waals surface area contributed by atoms with E-state index < -0.39 is 19.2 Å². The van der Waals surface area contributed by atoms with Crippen molar-refractivity contribution in [2.75, 3.05) is 13.2 Å². The molecule has 0 saturated heterocycles. The molecule has 1 aromatic rings. The molecule has 0 aliphatic heterocycles. The highest BCUT2D eigenvalue weighted by atomic mass is 31.2. The molecule has 0 bridgehead atoms. The highest BCUT2D eigenvalue weighted by molar-refractivity contribution is 7.55. The molecule has 1 atom stereocenters. The molecule has 7 nitrogen and oxygen atoms in total. The van der Waals surface area contributed by atoms with Gasteiger partial charge in [-0.3, -0.25) is 9.36 Å². The summed E-state index contributed by atoms with van der Waals surface area (Å²) in [5.41, 5.74) is -1.20. The van der Waals surface area contributed by atoms with Crippen molar-refractivity contribution in [2.45, 2.75) is 25.9 Å². The van der Waals surface area contributed by atoms with Gasteiger partial charge in [0.25, 0.3) is 0 Å². The standard InChI is InChI=1S/C13H19O7P/c1-3-19-21(18,20-4-2)12(13(16)17)7-9-5-6-10(14)8-11(9)15/h5-6,8,12,14-15H,3-4,7H2,1-2H3,(H,16,17). The summed E-state index contributed by atoms with van der Waals surface area (Å²) in [5, 5.41) is 28.3. The van der Waals surface area contributed by atoms with E-state index in [1.165, 1.54) is 12.1 Å². The number of hydrogen-bond acceptors (Lipinski definition) is 6. The summed E-state index contributed by atoms with van der Waals surface area (Å²) >= 11 is 0. The maximum Gasteiger partial charge on any atom is 0.345 e. The molecule has 8 heteroatoms. The number of carboxylic acids is 1. The molecule has 1 rings (SSSR count). The van der Waals surface area contributed by atoms with E-state index in [1.807, 2.05) is 0 Å². The Hall–Kier alpha value is -1.56. The van der Waals surface area contributed by atoms with Gasteiger partial charge in [0.05, 0.1) is 13.2 Å². The van der Waals surface area contributed by atoms with Gasteiger partial charge in [-0.15, -0.1) is 0 Å². The summed E-state index contributed by atoms with van der Waals surface area (Å²) in [6, 6.07) is 3.75. The van der Waals surface area contributed by atoms with E-state index >= 15 is 0 Å². The fraction of sp³-hybridized carbons (Fsp3) is 0.462. The normalized spacial score (nSPS) is 13.0. The van der Waals surface area contributed by atoms with Crippen molar-refractivity contribution in [3.63, 3.8) is 0 Å². The van der Waals surface area contributed by atoms with Crippen molar-refractivity contribution in [3.8, 4) is 11.5 Å². The number of aromatic hydroxyl groups is 2. The molecule has 0 amide bonds. The minimum absolute atomic E-state index is 0.0443. The van der Waals surface area contributed by atoms with E-state index in [1.54, 1.807) is 13.8 Å². The molecule has 0 aliphatic carbocycles. The first-order chi connectivity index (χ1) is 9.84. The van der Waals surface area contributed by atoms with Gasteiger partial charge in [-0.1, -0.05) is 6.07 Å². The Morgan fingerprint density at radius 2 is 1.81 bits per heavy atom. The van der Waals surface area contributed by atoms with Crippen LogP contribution in [0, 0.1) is 0 Å². The first-order valence-corrected chi connectivity index (χ1v) is 8.07. The fourth-order valence-corrected chi connectivity index (χ4v) is 3.69. The second-order valence-corrected chi connectivity index (χ2v) is 6.47. The largest absolute Gasteiger partial charge is 0.508 e. The second-order valence-electron chi connectivity index (χ2n) is 4.25. The van der Waals surface area contributed by atoms with E-state index in [0.717, 1.165) is 6.07 Å². The smallest absolute Gasteiger partial charge is 0.345 e. The van der Waals surface area contributed by atoms with Crippen LogP contribution in [0.25, 0.3) is 0 Å². The lowest BCUT2D eigenvalue weighted by Crippen LogP contribution is -2.25. The Morgan fingerprint density at radius 3 is 2.24 bits per heavy atom. The lowest BCUT2D eigenvalue weighted by Gasteiger charge is -2.23. The van der Waals surface area contributed by atoms with E-state index in [2.05, 4.69) is 0 Å². The number of hydrogen-bond donors (Lipinski definition) is 3.